The lowest BCUT2D eigenvalue weighted by Crippen LogP contribution is -2.32. The van der Waals surface area contributed by atoms with Crippen molar-refractivity contribution in [3.8, 4) is 5.75 Å². The lowest BCUT2D eigenvalue weighted by Gasteiger charge is -2.22. The van der Waals surface area contributed by atoms with Crippen LogP contribution >= 0.6 is 23.4 Å². The molecule has 0 spiro atoms. The van der Waals surface area contributed by atoms with E-state index in [2.05, 4.69) is 5.32 Å². The molecule has 1 N–H and O–H groups in total. The summed E-state index contributed by atoms with van der Waals surface area (Å²) < 4.78 is 30.8. The molecule has 0 heterocycles. The number of nitrogens with one attached hydrogen (secondary N) is 1. The summed E-state index contributed by atoms with van der Waals surface area (Å²) in [6.07, 6.45) is 1.83. The van der Waals surface area contributed by atoms with Crippen molar-refractivity contribution in [1.82, 2.24) is 5.32 Å². The van der Waals surface area contributed by atoms with Crippen LogP contribution in [-0.4, -0.2) is 46.5 Å². The van der Waals surface area contributed by atoms with Crippen LogP contribution in [0.4, 0.5) is 5.69 Å². The number of carbonyl (C=O) groups excluding carboxylic acids is 1. The van der Waals surface area contributed by atoms with Gasteiger partial charge in [-0.2, -0.15) is 11.8 Å². The Morgan fingerprint density at radius 1 is 1.20 bits per heavy atom. The van der Waals surface area contributed by atoms with E-state index < -0.39 is 10.0 Å². The van der Waals surface area contributed by atoms with Crippen molar-refractivity contribution in [2.75, 3.05) is 36.5 Å². The third kappa shape index (κ3) is 8.08. The van der Waals surface area contributed by atoms with Crippen LogP contribution in [0.25, 0.3) is 0 Å². The topological polar surface area (TPSA) is 75.7 Å². The average Bonchev–Trinajstić information content (AvgIpc) is 2.71. The predicted molar refractivity (Wildman–Crippen MR) is 125 cm³/mol. The van der Waals surface area contributed by atoms with Crippen LogP contribution in [0, 0.1) is 0 Å². The molecule has 0 fully saturated rings. The Kier molecular flexibility index (Phi) is 9.81. The van der Waals surface area contributed by atoms with Gasteiger partial charge in [0, 0.05) is 42.1 Å². The molecule has 0 aromatic heterocycles. The summed E-state index contributed by atoms with van der Waals surface area (Å²) in [5.41, 5.74) is 1.60. The van der Waals surface area contributed by atoms with E-state index in [1.807, 2.05) is 24.3 Å². The zero-order valence-electron chi connectivity index (χ0n) is 17.1. The van der Waals surface area contributed by atoms with Gasteiger partial charge < -0.3 is 10.1 Å². The van der Waals surface area contributed by atoms with Crippen molar-refractivity contribution in [3.63, 3.8) is 0 Å². The number of amides is 1. The average molecular weight is 471 g/mol. The van der Waals surface area contributed by atoms with Crippen molar-refractivity contribution < 1.29 is 17.9 Å². The zero-order valence-corrected chi connectivity index (χ0v) is 19.5. The number of rotatable bonds is 12. The number of halogens is 1. The van der Waals surface area contributed by atoms with E-state index in [0.29, 0.717) is 24.4 Å². The van der Waals surface area contributed by atoms with E-state index in [-0.39, 0.29) is 18.9 Å². The van der Waals surface area contributed by atoms with Gasteiger partial charge in [0.05, 0.1) is 19.1 Å². The molecule has 0 unspecified atom stereocenters. The smallest absolute Gasteiger partial charge is 0.232 e. The molecular weight excluding hydrogens is 444 g/mol. The summed E-state index contributed by atoms with van der Waals surface area (Å²) in [6.45, 7) is 0.778. The Labute approximate surface area is 188 Å². The summed E-state index contributed by atoms with van der Waals surface area (Å²) >= 11 is 7.82. The zero-order chi connectivity index (χ0) is 22.0. The molecule has 0 atom stereocenters. The van der Waals surface area contributed by atoms with Crippen molar-refractivity contribution in [2.24, 2.45) is 0 Å². The summed E-state index contributed by atoms with van der Waals surface area (Å²) in [4.78, 5) is 12.1. The second-order valence-electron chi connectivity index (χ2n) is 6.63. The van der Waals surface area contributed by atoms with Gasteiger partial charge in [-0.25, -0.2) is 8.42 Å². The molecule has 0 bridgehead atoms. The van der Waals surface area contributed by atoms with Gasteiger partial charge in [-0.15, -0.1) is 0 Å². The molecule has 0 saturated carbocycles. The van der Waals surface area contributed by atoms with Crippen molar-refractivity contribution in [2.45, 2.75) is 18.6 Å². The maximum atomic E-state index is 12.2. The summed E-state index contributed by atoms with van der Waals surface area (Å²) in [5.74, 6) is 2.05. The summed E-state index contributed by atoms with van der Waals surface area (Å²) in [6, 6.07) is 14.6. The minimum atomic E-state index is -3.46. The van der Waals surface area contributed by atoms with Crippen LogP contribution in [0.3, 0.4) is 0 Å². The molecule has 0 aliphatic rings. The van der Waals surface area contributed by atoms with Crippen LogP contribution in [-0.2, 0) is 20.6 Å². The molecule has 0 saturated heterocycles. The Bertz CT molecular complexity index is 938. The van der Waals surface area contributed by atoms with Gasteiger partial charge in [-0.3, -0.25) is 9.10 Å². The van der Waals surface area contributed by atoms with E-state index in [4.69, 9.17) is 16.3 Å². The molecule has 0 aliphatic carbocycles. The van der Waals surface area contributed by atoms with Gasteiger partial charge in [0.1, 0.15) is 5.75 Å². The highest BCUT2D eigenvalue weighted by Gasteiger charge is 2.18. The number of nitrogens with zero attached hydrogens (tertiary/aromatic N) is 1. The molecular formula is C21H27ClN2O4S2. The Morgan fingerprint density at radius 2 is 1.97 bits per heavy atom. The SMILES string of the molecule is COc1cccc(N(CCCC(=O)NCCSCc2ccccc2Cl)S(C)(=O)=O)c1. The number of benzene rings is 2. The van der Waals surface area contributed by atoms with Crippen molar-refractivity contribution in [1.29, 1.82) is 0 Å². The number of carbonyl (C=O) groups is 1. The number of anilines is 1. The first kappa shape index (κ1) is 24.4. The van der Waals surface area contributed by atoms with Crippen LogP contribution in [0.1, 0.15) is 18.4 Å². The number of hydrogen-bond donors (Lipinski definition) is 1. The Hall–Kier alpha value is -1.90. The van der Waals surface area contributed by atoms with Gasteiger partial charge in [-0.1, -0.05) is 35.9 Å². The molecule has 2 aromatic rings. The van der Waals surface area contributed by atoms with Gasteiger partial charge in [0.15, 0.2) is 0 Å². The number of ether oxygens (including phenoxy) is 1. The maximum absolute atomic E-state index is 12.2. The number of hydrogen-bond acceptors (Lipinski definition) is 5. The van der Waals surface area contributed by atoms with Gasteiger partial charge in [0.2, 0.25) is 15.9 Å². The van der Waals surface area contributed by atoms with Crippen LogP contribution in [0.15, 0.2) is 48.5 Å². The Morgan fingerprint density at radius 3 is 2.67 bits per heavy atom. The second-order valence-corrected chi connectivity index (χ2v) is 10.1. The predicted octanol–water partition coefficient (Wildman–Crippen LogP) is 3.94. The molecule has 1 amide bonds. The normalized spacial score (nSPS) is 11.2. The molecule has 6 nitrogen and oxygen atoms in total. The van der Waals surface area contributed by atoms with Crippen molar-refractivity contribution in [3.05, 3.63) is 59.1 Å². The number of thioether (sulfide) groups is 1. The molecule has 2 rings (SSSR count). The van der Waals surface area contributed by atoms with E-state index in [9.17, 15) is 13.2 Å². The molecule has 30 heavy (non-hydrogen) atoms. The number of methoxy groups -OCH3 is 1. The largest absolute Gasteiger partial charge is 0.497 e. The standard InChI is InChI=1S/C21H27ClN2O4S2/c1-28-19-9-5-8-18(15-19)24(30(2,26)27)13-6-11-21(25)23-12-14-29-16-17-7-3-4-10-20(17)22/h3-5,7-10,15H,6,11-14,16H2,1-2H3,(H,23,25). The van der Waals surface area contributed by atoms with Gasteiger partial charge >= 0.3 is 0 Å². The monoisotopic (exact) mass is 470 g/mol. The second kappa shape index (κ2) is 12.1. The molecule has 0 radical (unpaired) electrons. The van der Waals surface area contributed by atoms with Crippen LogP contribution in [0.5, 0.6) is 5.75 Å². The van der Waals surface area contributed by atoms with E-state index in [1.165, 1.54) is 11.4 Å². The highest BCUT2D eigenvalue weighted by molar-refractivity contribution is 7.98. The van der Waals surface area contributed by atoms with E-state index in [0.717, 1.165) is 28.3 Å². The fourth-order valence-electron chi connectivity index (χ4n) is 2.78. The number of sulfonamides is 1. The molecule has 9 heteroatoms. The summed E-state index contributed by atoms with van der Waals surface area (Å²) in [7, 11) is -1.93. The lowest BCUT2D eigenvalue weighted by atomic mass is 10.2. The first-order valence-electron chi connectivity index (χ1n) is 9.51. The molecule has 2 aromatic carbocycles. The van der Waals surface area contributed by atoms with Crippen LogP contribution < -0.4 is 14.4 Å². The third-order valence-corrected chi connectivity index (χ3v) is 6.86. The van der Waals surface area contributed by atoms with E-state index in [1.54, 1.807) is 36.0 Å². The van der Waals surface area contributed by atoms with Crippen molar-refractivity contribution >= 4 is 45.0 Å². The fraction of sp³-hybridized carbons (Fsp3) is 0.381. The first-order valence-corrected chi connectivity index (χ1v) is 12.9. The highest BCUT2D eigenvalue weighted by atomic mass is 35.5. The summed E-state index contributed by atoms with van der Waals surface area (Å²) in [5, 5.41) is 3.62. The highest BCUT2D eigenvalue weighted by Crippen LogP contribution is 2.23. The minimum absolute atomic E-state index is 0.0903. The first-order chi connectivity index (χ1) is 14.3. The Balaban J connectivity index is 1.73. The quantitative estimate of drug-likeness (QED) is 0.475. The molecule has 0 aliphatic heterocycles. The van der Waals surface area contributed by atoms with E-state index >= 15 is 0 Å². The minimum Gasteiger partial charge on any atom is -0.497 e. The van der Waals surface area contributed by atoms with Gasteiger partial charge in [-0.05, 0) is 30.2 Å². The fourth-order valence-corrected chi connectivity index (χ4v) is 4.89. The third-order valence-electron chi connectivity index (χ3n) is 4.29. The van der Waals surface area contributed by atoms with Gasteiger partial charge in [0.25, 0.3) is 0 Å². The van der Waals surface area contributed by atoms with Crippen LogP contribution in [0.2, 0.25) is 5.02 Å². The lowest BCUT2D eigenvalue weighted by molar-refractivity contribution is -0.121. The maximum Gasteiger partial charge on any atom is 0.232 e. The molecule has 164 valence electrons.